The summed E-state index contributed by atoms with van der Waals surface area (Å²) in [5, 5.41) is 9.12. The number of hydrogen-bond donors (Lipinski definition) is 1. The van der Waals surface area contributed by atoms with E-state index in [1.54, 1.807) is 0 Å². The minimum atomic E-state index is -3.73. The molecule has 5 nitrogen and oxygen atoms in total. The van der Waals surface area contributed by atoms with Gasteiger partial charge in [-0.05, 0) is 19.8 Å². The molecule has 0 fully saturated rings. The quantitative estimate of drug-likeness (QED) is 0.380. The van der Waals surface area contributed by atoms with Crippen molar-refractivity contribution in [1.82, 2.24) is 0 Å². The zero-order chi connectivity index (χ0) is 14.7. The van der Waals surface area contributed by atoms with E-state index in [9.17, 15) is 9.36 Å². The number of carbonyl (C=O) groups is 1. The molecule has 1 atom stereocenters. The molecule has 0 saturated carbocycles. The first kappa shape index (κ1) is 18.2. The van der Waals surface area contributed by atoms with Gasteiger partial charge in [-0.3, -0.25) is 9.36 Å². The summed E-state index contributed by atoms with van der Waals surface area (Å²) in [6.07, 6.45) is 3.14. The van der Waals surface area contributed by atoms with Gasteiger partial charge < -0.3 is 14.2 Å². The van der Waals surface area contributed by atoms with E-state index in [2.05, 4.69) is 11.8 Å². The average Bonchev–Trinajstić information content (AvgIpc) is 2.36. The van der Waals surface area contributed by atoms with Crippen LogP contribution in [0.4, 0.5) is 0 Å². The fraction of sp³-hybridized carbons (Fsp3) is 0.769. The van der Waals surface area contributed by atoms with Crippen LogP contribution < -0.4 is 0 Å². The van der Waals surface area contributed by atoms with Crippen molar-refractivity contribution in [2.45, 2.75) is 52.1 Å². The summed E-state index contributed by atoms with van der Waals surface area (Å²) in [5.41, 5.74) is -1.41. The molecule has 0 aromatic carbocycles. The lowest BCUT2D eigenvalue weighted by atomic mass is 10.4. The van der Waals surface area contributed by atoms with Crippen molar-refractivity contribution in [3.63, 3.8) is 0 Å². The number of carboxylic acids is 1. The van der Waals surface area contributed by atoms with Gasteiger partial charge >= 0.3 is 13.6 Å². The monoisotopic (exact) mass is 290 g/mol. The van der Waals surface area contributed by atoms with Gasteiger partial charge in [-0.1, -0.05) is 32.6 Å². The molecule has 0 spiro atoms. The summed E-state index contributed by atoms with van der Waals surface area (Å²) in [4.78, 5) is 11.2. The van der Waals surface area contributed by atoms with Crippen molar-refractivity contribution in [2.24, 2.45) is 0 Å². The third-order valence-corrected chi connectivity index (χ3v) is 4.44. The van der Waals surface area contributed by atoms with Gasteiger partial charge in [0.1, 0.15) is 0 Å². The highest BCUT2D eigenvalue weighted by Gasteiger charge is 2.40. The van der Waals surface area contributed by atoms with E-state index >= 15 is 0 Å². The molecule has 1 unspecified atom stereocenters. The van der Waals surface area contributed by atoms with E-state index in [0.717, 1.165) is 12.8 Å². The van der Waals surface area contributed by atoms with Crippen LogP contribution in [0.25, 0.3) is 0 Å². The lowest BCUT2D eigenvalue weighted by Crippen LogP contribution is -2.22. The largest absolute Gasteiger partial charge is 0.480 e. The van der Waals surface area contributed by atoms with E-state index in [1.165, 1.54) is 6.92 Å². The predicted molar refractivity (Wildman–Crippen MR) is 74.2 cm³/mol. The van der Waals surface area contributed by atoms with Crippen LogP contribution in [-0.2, 0) is 18.4 Å². The van der Waals surface area contributed by atoms with Crippen LogP contribution in [-0.4, -0.2) is 29.9 Å². The Hall–Kier alpha value is -0.820. The Balaban J connectivity index is 4.91. The van der Waals surface area contributed by atoms with E-state index in [1.807, 2.05) is 13.8 Å². The highest BCUT2D eigenvalue weighted by Crippen LogP contribution is 2.53. The summed E-state index contributed by atoms with van der Waals surface area (Å²) in [6, 6.07) is 0. The molecule has 0 aliphatic carbocycles. The molecule has 110 valence electrons. The van der Waals surface area contributed by atoms with E-state index in [-0.39, 0.29) is 13.2 Å². The maximum Gasteiger partial charge on any atom is 0.356 e. The molecule has 0 saturated heterocycles. The van der Waals surface area contributed by atoms with Crippen molar-refractivity contribution < 1.29 is 23.5 Å². The van der Waals surface area contributed by atoms with Crippen LogP contribution in [0.1, 0.15) is 46.5 Å². The SMILES string of the molecule is CC#CC(C(=O)O)P(=O)(OCCCC)OCCCC. The smallest absolute Gasteiger partial charge is 0.356 e. The second-order valence-electron chi connectivity index (χ2n) is 4.05. The van der Waals surface area contributed by atoms with Crippen molar-refractivity contribution in [3.05, 3.63) is 0 Å². The summed E-state index contributed by atoms with van der Waals surface area (Å²) in [5.74, 6) is 3.61. The molecule has 1 N–H and O–H groups in total. The lowest BCUT2D eigenvalue weighted by Gasteiger charge is -2.21. The van der Waals surface area contributed by atoms with Crippen LogP contribution in [0, 0.1) is 11.8 Å². The van der Waals surface area contributed by atoms with Gasteiger partial charge in [-0.2, -0.15) is 0 Å². The number of carboxylic acid groups (broad SMARTS) is 1. The van der Waals surface area contributed by atoms with Crippen molar-refractivity contribution >= 4 is 13.6 Å². The van der Waals surface area contributed by atoms with Crippen LogP contribution >= 0.6 is 7.60 Å². The topological polar surface area (TPSA) is 72.8 Å². The van der Waals surface area contributed by atoms with Crippen molar-refractivity contribution in [2.75, 3.05) is 13.2 Å². The van der Waals surface area contributed by atoms with Gasteiger partial charge in [0, 0.05) is 0 Å². The summed E-state index contributed by atoms with van der Waals surface area (Å²) >= 11 is 0. The summed E-state index contributed by atoms with van der Waals surface area (Å²) in [7, 11) is -3.73. The number of rotatable bonds is 10. The molecule has 0 aromatic rings. The molecule has 0 aromatic heterocycles. The third kappa shape index (κ3) is 6.77. The van der Waals surface area contributed by atoms with E-state index < -0.39 is 19.2 Å². The Morgan fingerprint density at radius 3 is 2.00 bits per heavy atom. The minimum absolute atomic E-state index is 0.217. The van der Waals surface area contributed by atoms with Crippen LogP contribution in [0.3, 0.4) is 0 Å². The molecule has 0 amide bonds. The fourth-order valence-electron chi connectivity index (χ4n) is 1.27. The fourth-order valence-corrected chi connectivity index (χ4v) is 2.97. The molecule has 19 heavy (non-hydrogen) atoms. The lowest BCUT2D eigenvalue weighted by molar-refractivity contribution is -0.135. The predicted octanol–water partition coefficient (Wildman–Crippen LogP) is 3.29. The molecule has 6 heteroatoms. The average molecular weight is 290 g/mol. The van der Waals surface area contributed by atoms with Crippen LogP contribution in [0.2, 0.25) is 0 Å². The zero-order valence-electron chi connectivity index (χ0n) is 11.8. The molecule has 0 heterocycles. The number of unbranched alkanes of at least 4 members (excludes halogenated alkanes) is 2. The van der Waals surface area contributed by atoms with Gasteiger partial charge in [0.15, 0.2) is 0 Å². The Morgan fingerprint density at radius 1 is 1.21 bits per heavy atom. The van der Waals surface area contributed by atoms with Crippen LogP contribution in [0.15, 0.2) is 0 Å². The summed E-state index contributed by atoms with van der Waals surface area (Å²) in [6.45, 7) is 5.86. The Kier molecular flexibility index (Phi) is 9.59. The van der Waals surface area contributed by atoms with E-state index in [0.29, 0.717) is 12.8 Å². The Labute approximate surface area is 115 Å². The third-order valence-electron chi connectivity index (χ3n) is 2.37. The van der Waals surface area contributed by atoms with E-state index in [4.69, 9.17) is 14.2 Å². The maximum atomic E-state index is 12.6. The first-order valence-corrected chi connectivity index (χ1v) is 8.16. The first-order valence-electron chi connectivity index (χ1n) is 6.55. The Morgan fingerprint density at radius 2 is 1.68 bits per heavy atom. The Bertz CT molecular complexity index is 355. The number of hydrogen-bond acceptors (Lipinski definition) is 4. The van der Waals surface area contributed by atoms with Gasteiger partial charge in [-0.25, -0.2) is 0 Å². The van der Waals surface area contributed by atoms with Gasteiger partial charge in [0.25, 0.3) is 0 Å². The number of aliphatic carboxylic acids is 1. The molecule has 0 aliphatic rings. The normalized spacial score (nSPS) is 12.6. The van der Waals surface area contributed by atoms with Crippen molar-refractivity contribution in [3.8, 4) is 11.8 Å². The molecular weight excluding hydrogens is 267 g/mol. The second-order valence-corrected chi connectivity index (χ2v) is 6.16. The highest BCUT2D eigenvalue weighted by atomic mass is 31.2. The molecule has 0 bridgehead atoms. The second kappa shape index (κ2) is 10.0. The van der Waals surface area contributed by atoms with Gasteiger partial charge in [-0.15, -0.1) is 5.92 Å². The molecule has 0 rings (SSSR count). The highest BCUT2D eigenvalue weighted by molar-refractivity contribution is 7.56. The first-order chi connectivity index (χ1) is 9.01. The molecule has 0 aliphatic heterocycles. The molecular formula is C13H23O5P. The maximum absolute atomic E-state index is 12.6. The standard InChI is InChI=1S/C13H23O5P/c1-4-7-10-17-19(16,18-11-8-5-2)12(9-6-3)13(14)15/h12H,4-5,7-8,10-11H2,1-3H3,(H,14,15). The van der Waals surface area contributed by atoms with Crippen LogP contribution in [0.5, 0.6) is 0 Å². The zero-order valence-corrected chi connectivity index (χ0v) is 12.7. The summed E-state index contributed by atoms with van der Waals surface area (Å²) < 4.78 is 23.1. The minimum Gasteiger partial charge on any atom is -0.480 e. The van der Waals surface area contributed by atoms with Gasteiger partial charge in [0.2, 0.25) is 5.66 Å². The van der Waals surface area contributed by atoms with Crippen molar-refractivity contribution in [1.29, 1.82) is 0 Å². The molecule has 0 radical (unpaired) electrons. The van der Waals surface area contributed by atoms with Gasteiger partial charge in [0.05, 0.1) is 13.2 Å².